The zero-order valence-corrected chi connectivity index (χ0v) is 15.9. The highest BCUT2D eigenvalue weighted by Crippen LogP contribution is 2.24. The van der Waals surface area contributed by atoms with E-state index in [0.717, 1.165) is 4.31 Å². The summed E-state index contributed by atoms with van der Waals surface area (Å²) in [5.41, 5.74) is 10.9. The quantitative estimate of drug-likeness (QED) is 0.427. The Labute approximate surface area is 151 Å². The van der Waals surface area contributed by atoms with Gasteiger partial charge in [-0.2, -0.15) is 12.7 Å². The summed E-state index contributed by atoms with van der Waals surface area (Å²) in [7, 11) is -1.45. The molecule has 0 saturated heterocycles. The second-order valence-electron chi connectivity index (χ2n) is 4.94. The van der Waals surface area contributed by atoms with Crippen molar-refractivity contribution in [3.8, 4) is 0 Å². The van der Waals surface area contributed by atoms with Crippen LogP contribution in [0.4, 0.5) is 11.6 Å². The zero-order valence-electron chi connectivity index (χ0n) is 14.3. The fraction of sp³-hybridized carbons (Fsp3) is 0.500. The Morgan fingerprint density at radius 2 is 1.84 bits per heavy atom. The third kappa shape index (κ3) is 5.14. The standard InChI is InChI=1S/C12H21ClN8O3S/c1-5-21(6-2)10-8(13)16-7(9(14)17-10)11(22)18-12(15)19-25(23,24)20(3)4/h5-6H2,1-4H3,(H2,14,17)(H3,15,18,19,22). The fourth-order valence-corrected chi connectivity index (χ4v) is 2.42. The maximum absolute atomic E-state index is 12.2. The van der Waals surface area contributed by atoms with E-state index in [-0.39, 0.29) is 16.7 Å². The second-order valence-corrected chi connectivity index (χ2v) is 7.10. The number of aromatic nitrogens is 2. The molecular weight excluding hydrogens is 372 g/mol. The van der Waals surface area contributed by atoms with Crippen LogP contribution in [0.25, 0.3) is 0 Å². The number of nitrogens with zero attached hydrogens (tertiary/aromatic N) is 5. The van der Waals surface area contributed by atoms with Crippen molar-refractivity contribution in [1.82, 2.24) is 19.6 Å². The number of carbonyl (C=O) groups is 1. The van der Waals surface area contributed by atoms with Crippen molar-refractivity contribution in [2.45, 2.75) is 13.8 Å². The topological polar surface area (TPSA) is 160 Å². The molecule has 0 atom stereocenters. The van der Waals surface area contributed by atoms with Crippen molar-refractivity contribution >= 4 is 45.3 Å². The zero-order chi connectivity index (χ0) is 19.4. The largest absolute Gasteiger partial charge is 0.382 e. The summed E-state index contributed by atoms with van der Waals surface area (Å²) in [4.78, 5) is 22.0. The number of rotatable bonds is 6. The van der Waals surface area contributed by atoms with Gasteiger partial charge in [0.15, 0.2) is 22.5 Å². The molecule has 13 heteroatoms. The van der Waals surface area contributed by atoms with Gasteiger partial charge in [-0.05, 0) is 13.8 Å². The molecule has 0 bridgehead atoms. The van der Waals surface area contributed by atoms with E-state index in [1.807, 2.05) is 18.7 Å². The first-order valence-electron chi connectivity index (χ1n) is 7.20. The highest BCUT2D eigenvalue weighted by atomic mass is 35.5. The minimum atomic E-state index is -3.99. The van der Waals surface area contributed by atoms with Crippen LogP contribution in [0, 0.1) is 0 Å². The van der Waals surface area contributed by atoms with Crippen LogP contribution in [0.3, 0.4) is 0 Å². The number of guanidine groups is 1. The first kappa shape index (κ1) is 20.9. The maximum Gasteiger partial charge on any atom is 0.325 e. The van der Waals surface area contributed by atoms with Crippen LogP contribution >= 0.6 is 11.6 Å². The number of hydrogen-bond acceptors (Lipinski definition) is 7. The van der Waals surface area contributed by atoms with Crippen LogP contribution < -0.4 is 21.7 Å². The summed E-state index contributed by atoms with van der Waals surface area (Å²) in [6, 6.07) is 0. The monoisotopic (exact) mass is 392 g/mol. The molecule has 25 heavy (non-hydrogen) atoms. The highest BCUT2D eigenvalue weighted by Gasteiger charge is 2.21. The number of nitrogens with two attached hydrogens (primary N) is 2. The summed E-state index contributed by atoms with van der Waals surface area (Å²) in [5, 5.41) is 2.07. The van der Waals surface area contributed by atoms with Gasteiger partial charge in [-0.3, -0.25) is 10.1 Å². The molecule has 140 valence electrons. The van der Waals surface area contributed by atoms with Crippen LogP contribution in [-0.2, 0) is 10.2 Å². The fourth-order valence-electron chi connectivity index (χ4n) is 1.71. The summed E-state index contributed by atoms with van der Waals surface area (Å²) < 4.78 is 27.2. The Kier molecular flexibility index (Phi) is 6.90. The molecule has 5 N–H and O–H groups in total. The Hall–Kier alpha value is -2.18. The Morgan fingerprint density at radius 3 is 2.32 bits per heavy atom. The summed E-state index contributed by atoms with van der Waals surface area (Å²) in [6.45, 7) is 5.05. The number of nitrogen functional groups attached to an aromatic ring is 1. The molecule has 1 heterocycles. The maximum atomic E-state index is 12.2. The molecule has 1 amide bonds. The van der Waals surface area contributed by atoms with Gasteiger partial charge in [0, 0.05) is 27.2 Å². The van der Waals surface area contributed by atoms with E-state index in [4.69, 9.17) is 23.1 Å². The normalized spacial score (nSPS) is 12.3. The minimum Gasteiger partial charge on any atom is -0.382 e. The Morgan fingerprint density at radius 1 is 1.28 bits per heavy atom. The summed E-state index contributed by atoms with van der Waals surface area (Å²) >= 11 is 6.07. The van der Waals surface area contributed by atoms with Gasteiger partial charge >= 0.3 is 10.2 Å². The molecule has 0 fully saturated rings. The van der Waals surface area contributed by atoms with Gasteiger partial charge < -0.3 is 16.4 Å². The lowest BCUT2D eigenvalue weighted by Gasteiger charge is -2.21. The van der Waals surface area contributed by atoms with E-state index in [9.17, 15) is 13.2 Å². The average molecular weight is 393 g/mol. The van der Waals surface area contributed by atoms with Gasteiger partial charge in [-0.1, -0.05) is 11.6 Å². The molecule has 0 saturated carbocycles. The number of nitrogens with one attached hydrogen (secondary N) is 1. The predicted molar refractivity (Wildman–Crippen MR) is 96.7 cm³/mol. The van der Waals surface area contributed by atoms with Gasteiger partial charge in [0.2, 0.25) is 5.96 Å². The smallest absolute Gasteiger partial charge is 0.325 e. The van der Waals surface area contributed by atoms with Crippen molar-refractivity contribution in [1.29, 1.82) is 0 Å². The SMILES string of the molecule is CCN(CC)c1nc(N)c(C(=O)NC(N)=NS(=O)(=O)N(C)C)nc1Cl. The first-order chi connectivity index (χ1) is 11.5. The van der Waals surface area contributed by atoms with Gasteiger partial charge in [0.1, 0.15) is 0 Å². The molecule has 0 spiro atoms. The highest BCUT2D eigenvalue weighted by molar-refractivity contribution is 7.87. The molecule has 0 aromatic carbocycles. The van der Waals surface area contributed by atoms with Gasteiger partial charge in [0.05, 0.1) is 0 Å². The van der Waals surface area contributed by atoms with E-state index >= 15 is 0 Å². The first-order valence-corrected chi connectivity index (χ1v) is 8.98. The number of amides is 1. The predicted octanol–water partition coefficient (Wildman–Crippen LogP) is -0.591. The van der Waals surface area contributed by atoms with E-state index in [0.29, 0.717) is 18.9 Å². The van der Waals surface area contributed by atoms with Crippen molar-refractivity contribution in [2.24, 2.45) is 10.1 Å². The second kappa shape index (κ2) is 8.27. The van der Waals surface area contributed by atoms with E-state index in [2.05, 4.69) is 19.7 Å². The van der Waals surface area contributed by atoms with Gasteiger partial charge in [0.25, 0.3) is 5.91 Å². The van der Waals surface area contributed by atoms with Gasteiger partial charge in [-0.25, -0.2) is 9.97 Å². The molecule has 1 aromatic heterocycles. The average Bonchev–Trinajstić information content (AvgIpc) is 2.50. The third-order valence-electron chi connectivity index (χ3n) is 3.06. The lowest BCUT2D eigenvalue weighted by atomic mass is 10.3. The van der Waals surface area contributed by atoms with E-state index in [1.165, 1.54) is 14.1 Å². The molecular formula is C12H21ClN8O3S. The molecule has 0 unspecified atom stereocenters. The van der Waals surface area contributed by atoms with Crippen LogP contribution in [0.15, 0.2) is 4.40 Å². The van der Waals surface area contributed by atoms with Crippen molar-refractivity contribution in [3.63, 3.8) is 0 Å². The van der Waals surface area contributed by atoms with Crippen LogP contribution in [0.1, 0.15) is 24.3 Å². The molecule has 0 aliphatic carbocycles. The lowest BCUT2D eigenvalue weighted by Crippen LogP contribution is -2.39. The van der Waals surface area contributed by atoms with E-state index < -0.39 is 22.1 Å². The molecule has 11 nitrogen and oxygen atoms in total. The van der Waals surface area contributed by atoms with Crippen LogP contribution in [-0.4, -0.2) is 61.7 Å². The van der Waals surface area contributed by atoms with Crippen molar-refractivity contribution < 1.29 is 13.2 Å². The van der Waals surface area contributed by atoms with Crippen LogP contribution in [0.5, 0.6) is 0 Å². The summed E-state index contributed by atoms with van der Waals surface area (Å²) in [6.07, 6.45) is 0. The number of hydrogen-bond donors (Lipinski definition) is 3. The lowest BCUT2D eigenvalue weighted by molar-refractivity contribution is 0.0972. The van der Waals surface area contributed by atoms with Crippen molar-refractivity contribution in [2.75, 3.05) is 37.8 Å². The molecule has 0 aliphatic heterocycles. The molecule has 1 aromatic rings. The van der Waals surface area contributed by atoms with Crippen molar-refractivity contribution in [3.05, 3.63) is 10.8 Å². The third-order valence-corrected chi connectivity index (χ3v) is 4.66. The molecule has 1 rings (SSSR count). The minimum absolute atomic E-state index is 0.0144. The number of halogens is 1. The van der Waals surface area contributed by atoms with Gasteiger partial charge in [-0.15, -0.1) is 4.40 Å². The Balaban J connectivity index is 3.12. The molecule has 0 radical (unpaired) electrons. The Bertz CT molecular complexity index is 777. The van der Waals surface area contributed by atoms with Crippen LogP contribution in [0.2, 0.25) is 5.15 Å². The number of anilines is 2. The molecule has 0 aliphatic rings. The summed E-state index contributed by atoms with van der Waals surface area (Å²) in [5.74, 6) is -1.35. The van der Waals surface area contributed by atoms with E-state index in [1.54, 1.807) is 0 Å². The number of carbonyl (C=O) groups excluding carboxylic acids is 1.